The van der Waals surface area contributed by atoms with E-state index in [2.05, 4.69) is 20.7 Å². The number of rotatable bonds is 5. The summed E-state index contributed by atoms with van der Waals surface area (Å²) in [5.74, 6) is 0.278. The first-order valence-corrected chi connectivity index (χ1v) is 8.92. The minimum absolute atomic E-state index is 0.243. The molecule has 1 aliphatic rings. The van der Waals surface area contributed by atoms with Gasteiger partial charge in [0.05, 0.1) is 12.6 Å². The normalized spacial score (nSPS) is 17.2. The Morgan fingerprint density at radius 2 is 2.12 bits per heavy atom. The zero-order chi connectivity index (χ0) is 17.8. The number of hydrogen-bond acceptors (Lipinski definition) is 4. The number of nitrogens with one attached hydrogen (secondary N) is 2. The predicted molar refractivity (Wildman–Crippen MR) is 99.1 cm³/mol. The van der Waals surface area contributed by atoms with Gasteiger partial charge in [-0.25, -0.2) is 4.98 Å². The molecule has 3 heterocycles. The van der Waals surface area contributed by atoms with Crippen LogP contribution in [0.3, 0.4) is 0 Å². The molecule has 1 amide bonds. The predicted octanol–water partition coefficient (Wildman–Crippen LogP) is 2.30. The fourth-order valence-electron chi connectivity index (χ4n) is 3.23. The van der Waals surface area contributed by atoms with Gasteiger partial charge in [-0.1, -0.05) is 30.3 Å². The molecule has 0 saturated carbocycles. The molecule has 26 heavy (non-hydrogen) atoms. The summed E-state index contributed by atoms with van der Waals surface area (Å²) >= 11 is 0. The Labute approximate surface area is 152 Å². The van der Waals surface area contributed by atoms with E-state index in [-0.39, 0.29) is 5.91 Å². The molecule has 2 aromatic heterocycles. The third-order valence-corrected chi connectivity index (χ3v) is 4.62. The van der Waals surface area contributed by atoms with Crippen molar-refractivity contribution in [2.75, 3.05) is 18.4 Å². The third-order valence-electron chi connectivity index (χ3n) is 4.62. The van der Waals surface area contributed by atoms with Crippen LogP contribution >= 0.6 is 0 Å². The maximum Gasteiger partial charge on any atom is 0.278 e. The van der Waals surface area contributed by atoms with Crippen LogP contribution in [-0.2, 0) is 6.54 Å². The van der Waals surface area contributed by atoms with Crippen LogP contribution in [0, 0.1) is 0 Å². The quantitative estimate of drug-likeness (QED) is 0.740. The molecule has 7 nitrogen and oxygen atoms in total. The molecule has 0 bridgehead atoms. The first-order valence-electron chi connectivity index (χ1n) is 8.92. The van der Waals surface area contributed by atoms with Gasteiger partial charge in [0.15, 0.2) is 5.69 Å². The minimum atomic E-state index is -0.243. The van der Waals surface area contributed by atoms with Gasteiger partial charge < -0.3 is 9.88 Å². The summed E-state index contributed by atoms with van der Waals surface area (Å²) in [4.78, 5) is 16.8. The number of piperidine rings is 1. The molecule has 0 spiro atoms. The van der Waals surface area contributed by atoms with Crippen molar-refractivity contribution < 1.29 is 4.79 Å². The van der Waals surface area contributed by atoms with Crippen LogP contribution in [0.5, 0.6) is 0 Å². The number of nitrogens with zero attached hydrogens (tertiary/aromatic N) is 4. The molecule has 3 aromatic rings. The van der Waals surface area contributed by atoms with Gasteiger partial charge >= 0.3 is 0 Å². The monoisotopic (exact) mass is 350 g/mol. The molecule has 4 rings (SSSR count). The van der Waals surface area contributed by atoms with Crippen LogP contribution in [0.15, 0.2) is 55.0 Å². The van der Waals surface area contributed by atoms with E-state index in [9.17, 15) is 4.79 Å². The summed E-state index contributed by atoms with van der Waals surface area (Å²) in [5, 5.41) is 10.7. The Bertz CT molecular complexity index is 863. The number of benzene rings is 1. The first kappa shape index (κ1) is 16.5. The molecule has 0 aliphatic carbocycles. The van der Waals surface area contributed by atoms with E-state index < -0.39 is 0 Å². The van der Waals surface area contributed by atoms with Crippen LogP contribution in [-0.4, -0.2) is 38.3 Å². The van der Waals surface area contributed by atoms with Crippen molar-refractivity contribution in [1.82, 2.24) is 24.6 Å². The molecular formula is C19H22N6O. The SMILES string of the molecule is O=C(Nc1nccn1Cc1ccccc1)c1ccn(C2CCCNC2)n1. The average Bonchev–Trinajstić information content (AvgIpc) is 3.34. The van der Waals surface area contributed by atoms with E-state index in [1.165, 1.54) is 0 Å². The average molecular weight is 350 g/mol. The second kappa shape index (κ2) is 7.53. The zero-order valence-electron chi connectivity index (χ0n) is 14.5. The molecule has 1 saturated heterocycles. The van der Waals surface area contributed by atoms with E-state index in [0.717, 1.165) is 31.5 Å². The maximum absolute atomic E-state index is 12.6. The third kappa shape index (κ3) is 3.67. The highest BCUT2D eigenvalue weighted by atomic mass is 16.2. The van der Waals surface area contributed by atoms with Crippen molar-refractivity contribution >= 4 is 11.9 Å². The smallest absolute Gasteiger partial charge is 0.278 e. The molecule has 1 fully saturated rings. The van der Waals surface area contributed by atoms with Crippen LogP contribution in [0.2, 0.25) is 0 Å². The van der Waals surface area contributed by atoms with Gasteiger partial charge in [-0.3, -0.25) is 14.8 Å². The number of carbonyl (C=O) groups is 1. The van der Waals surface area contributed by atoms with Crippen molar-refractivity contribution in [2.45, 2.75) is 25.4 Å². The lowest BCUT2D eigenvalue weighted by Crippen LogP contribution is -2.32. The summed E-state index contributed by atoms with van der Waals surface area (Å²) < 4.78 is 3.80. The van der Waals surface area contributed by atoms with E-state index in [1.54, 1.807) is 12.3 Å². The van der Waals surface area contributed by atoms with Crippen LogP contribution in [0.4, 0.5) is 5.95 Å². The Morgan fingerprint density at radius 1 is 1.23 bits per heavy atom. The number of carbonyl (C=O) groups excluding carboxylic acids is 1. The number of imidazole rings is 1. The molecule has 1 atom stereocenters. The van der Waals surface area contributed by atoms with Crippen LogP contribution in [0.25, 0.3) is 0 Å². The van der Waals surface area contributed by atoms with Gasteiger partial charge in [-0.2, -0.15) is 5.10 Å². The summed E-state index contributed by atoms with van der Waals surface area (Å²) in [6, 6.07) is 12.1. The Kier molecular flexibility index (Phi) is 4.79. The van der Waals surface area contributed by atoms with E-state index >= 15 is 0 Å². The molecule has 1 aliphatic heterocycles. The second-order valence-corrected chi connectivity index (χ2v) is 6.50. The van der Waals surface area contributed by atoms with Gasteiger partial charge in [0.25, 0.3) is 5.91 Å². The molecule has 1 unspecified atom stereocenters. The molecule has 7 heteroatoms. The maximum atomic E-state index is 12.6. The summed E-state index contributed by atoms with van der Waals surface area (Å²) in [6.45, 7) is 2.60. The van der Waals surface area contributed by atoms with E-state index in [4.69, 9.17) is 0 Å². The van der Waals surface area contributed by atoms with Crippen molar-refractivity contribution in [3.05, 3.63) is 66.2 Å². The molecule has 134 valence electrons. The summed E-state index contributed by atoms with van der Waals surface area (Å²) in [6.07, 6.45) is 7.63. The number of anilines is 1. The molecule has 1 aromatic carbocycles. The fraction of sp³-hybridized carbons (Fsp3) is 0.316. The van der Waals surface area contributed by atoms with Crippen LogP contribution in [0.1, 0.15) is 34.9 Å². The van der Waals surface area contributed by atoms with E-state index in [0.29, 0.717) is 24.2 Å². The largest absolute Gasteiger partial charge is 0.315 e. The lowest BCUT2D eigenvalue weighted by atomic mass is 10.1. The molecule has 0 radical (unpaired) electrons. The Hall–Kier alpha value is -2.93. The van der Waals surface area contributed by atoms with Gasteiger partial charge in [-0.05, 0) is 31.0 Å². The first-order chi connectivity index (χ1) is 12.8. The Morgan fingerprint density at radius 3 is 2.92 bits per heavy atom. The number of amides is 1. The van der Waals surface area contributed by atoms with Gasteiger partial charge in [0, 0.05) is 25.1 Å². The van der Waals surface area contributed by atoms with Crippen molar-refractivity contribution in [3.63, 3.8) is 0 Å². The topological polar surface area (TPSA) is 76.8 Å². The highest BCUT2D eigenvalue weighted by Crippen LogP contribution is 2.16. The zero-order valence-corrected chi connectivity index (χ0v) is 14.5. The van der Waals surface area contributed by atoms with E-state index in [1.807, 2.05) is 52.0 Å². The standard InChI is InChI=1S/C19H22N6O/c26-18(17-8-11-25(23-17)16-7-4-9-20-13-16)22-19-21-10-12-24(19)14-15-5-2-1-3-6-15/h1-3,5-6,8,10-12,16,20H,4,7,9,13-14H2,(H,21,22,26). The minimum Gasteiger partial charge on any atom is -0.315 e. The molecular weight excluding hydrogens is 328 g/mol. The summed E-state index contributed by atoms with van der Waals surface area (Å²) in [7, 11) is 0. The second-order valence-electron chi connectivity index (χ2n) is 6.50. The summed E-state index contributed by atoms with van der Waals surface area (Å²) in [5.41, 5.74) is 1.56. The number of hydrogen-bond donors (Lipinski definition) is 2. The number of aromatic nitrogens is 4. The lowest BCUT2D eigenvalue weighted by molar-refractivity contribution is 0.101. The van der Waals surface area contributed by atoms with Gasteiger partial charge in [0.1, 0.15) is 0 Å². The Balaban J connectivity index is 1.44. The lowest BCUT2D eigenvalue weighted by Gasteiger charge is -2.22. The highest BCUT2D eigenvalue weighted by Gasteiger charge is 2.18. The fourth-order valence-corrected chi connectivity index (χ4v) is 3.23. The van der Waals surface area contributed by atoms with Gasteiger partial charge in [-0.15, -0.1) is 0 Å². The van der Waals surface area contributed by atoms with Crippen LogP contribution < -0.4 is 10.6 Å². The highest BCUT2D eigenvalue weighted by molar-refractivity contribution is 6.01. The molecule has 2 N–H and O–H groups in total. The van der Waals surface area contributed by atoms with Gasteiger partial charge in [0.2, 0.25) is 5.95 Å². The van der Waals surface area contributed by atoms with Crippen molar-refractivity contribution in [3.8, 4) is 0 Å². The van der Waals surface area contributed by atoms with Crippen molar-refractivity contribution in [2.24, 2.45) is 0 Å². The van der Waals surface area contributed by atoms with Crippen molar-refractivity contribution in [1.29, 1.82) is 0 Å².